The van der Waals surface area contributed by atoms with Gasteiger partial charge in [0, 0.05) is 11.5 Å². The van der Waals surface area contributed by atoms with Crippen molar-refractivity contribution in [3.63, 3.8) is 0 Å². The zero-order valence-corrected chi connectivity index (χ0v) is 9.50. The van der Waals surface area contributed by atoms with Crippen LogP contribution in [0.3, 0.4) is 0 Å². The summed E-state index contributed by atoms with van der Waals surface area (Å²) in [5.74, 6) is -0.924. The minimum absolute atomic E-state index is 0.286. The van der Waals surface area contributed by atoms with Crippen molar-refractivity contribution in [2.75, 3.05) is 6.54 Å². The number of hydrogen-bond acceptors (Lipinski definition) is 2. The summed E-state index contributed by atoms with van der Waals surface area (Å²) < 4.78 is 0. The quantitative estimate of drug-likeness (QED) is 0.364. The third-order valence-corrected chi connectivity index (χ3v) is 2.27. The molecule has 0 unspecified atom stereocenters. The van der Waals surface area contributed by atoms with Crippen molar-refractivity contribution < 1.29 is 9.90 Å². The van der Waals surface area contributed by atoms with E-state index in [9.17, 15) is 4.79 Å². The Morgan fingerprint density at radius 1 is 1.59 bits per heavy atom. The summed E-state index contributed by atoms with van der Waals surface area (Å²) in [6.45, 7) is 2.29. The molecule has 0 saturated carbocycles. The highest BCUT2D eigenvalue weighted by atomic mass is 16.4. The third-order valence-electron chi connectivity index (χ3n) is 2.27. The highest BCUT2D eigenvalue weighted by Gasteiger charge is 2.03. The second kappa shape index (κ2) is 6.35. The van der Waals surface area contributed by atoms with Gasteiger partial charge in [0.15, 0.2) is 0 Å². The van der Waals surface area contributed by atoms with E-state index in [1.54, 1.807) is 18.2 Å². The third kappa shape index (κ3) is 4.01. The van der Waals surface area contributed by atoms with Crippen LogP contribution in [0, 0.1) is 6.92 Å². The van der Waals surface area contributed by atoms with Crippen LogP contribution in [-0.2, 0) is 0 Å². The van der Waals surface area contributed by atoms with E-state index in [1.807, 2.05) is 19.1 Å². The van der Waals surface area contributed by atoms with E-state index in [0.29, 0.717) is 13.0 Å². The topological polar surface area (TPSA) is 86.1 Å². The van der Waals surface area contributed by atoms with Crippen LogP contribution in [0.2, 0.25) is 0 Å². The van der Waals surface area contributed by atoms with Crippen molar-refractivity contribution in [1.82, 2.24) is 0 Å². The minimum atomic E-state index is -0.924. The van der Waals surface area contributed by atoms with Gasteiger partial charge in [-0.15, -0.1) is 0 Å². The minimum Gasteiger partial charge on any atom is -0.478 e. The van der Waals surface area contributed by atoms with Crippen molar-refractivity contribution in [2.45, 2.75) is 13.3 Å². The van der Waals surface area contributed by atoms with Crippen LogP contribution in [0.1, 0.15) is 27.9 Å². The second-order valence-corrected chi connectivity index (χ2v) is 3.52. The summed E-state index contributed by atoms with van der Waals surface area (Å²) >= 11 is 0. The number of azide groups is 1. The summed E-state index contributed by atoms with van der Waals surface area (Å²) in [7, 11) is 0. The van der Waals surface area contributed by atoms with Gasteiger partial charge in [-0.1, -0.05) is 23.3 Å². The van der Waals surface area contributed by atoms with E-state index in [1.165, 1.54) is 0 Å². The fourth-order valence-electron chi connectivity index (χ4n) is 1.38. The maximum atomic E-state index is 10.7. The molecule has 0 heterocycles. The molecule has 0 aliphatic heterocycles. The predicted octanol–water partition coefficient (Wildman–Crippen LogP) is 3.41. The van der Waals surface area contributed by atoms with Crippen molar-refractivity contribution in [3.8, 4) is 0 Å². The molecule has 0 aliphatic rings. The Labute approximate surface area is 99.0 Å². The Bertz CT molecular complexity index is 489. The van der Waals surface area contributed by atoms with E-state index in [-0.39, 0.29) is 5.56 Å². The highest BCUT2D eigenvalue weighted by Crippen LogP contribution is 2.13. The predicted molar refractivity (Wildman–Crippen MR) is 65.8 cm³/mol. The fraction of sp³-hybridized carbons (Fsp3) is 0.250. The molecule has 0 saturated heterocycles. The van der Waals surface area contributed by atoms with Crippen LogP contribution < -0.4 is 0 Å². The Balaban J connectivity index is 2.72. The molecular formula is C12H13N3O2. The number of hydrogen-bond donors (Lipinski definition) is 1. The lowest BCUT2D eigenvalue weighted by Gasteiger charge is -2.01. The largest absolute Gasteiger partial charge is 0.478 e. The lowest BCUT2D eigenvalue weighted by atomic mass is 10.0. The number of nitrogens with zero attached hydrogens (tertiary/aromatic N) is 3. The molecule has 0 radical (unpaired) electrons. The second-order valence-electron chi connectivity index (χ2n) is 3.52. The fourth-order valence-corrected chi connectivity index (χ4v) is 1.38. The maximum absolute atomic E-state index is 10.7. The molecule has 1 N–H and O–H groups in total. The van der Waals surface area contributed by atoms with Gasteiger partial charge in [0.2, 0.25) is 0 Å². The molecule has 1 aromatic rings. The zero-order valence-electron chi connectivity index (χ0n) is 9.50. The normalized spacial score (nSPS) is 10.2. The van der Waals surface area contributed by atoms with Crippen LogP contribution in [0.4, 0.5) is 0 Å². The van der Waals surface area contributed by atoms with Gasteiger partial charge in [0.05, 0.1) is 5.56 Å². The average Bonchev–Trinajstić information content (AvgIpc) is 2.30. The molecular weight excluding hydrogens is 218 g/mol. The molecule has 1 rings (SSSR count). The first kappa shape index (κ1) is 12.8. The molecule has 0 aliphatic carbocycles. The first-order valence-electron chi connectivity index (χ1n) is 5.16. The number of aromatic carboxylic acids is 1. The standard InChI is InChI=1S/C12H13N3O2/c1-9-8-11(12(16)17)6-5-10(9)4-2-3-7-14-15-13/h2,4-6,8H,3,7H2,1H3,(H,16,17). The van der Waals surface area contributed by atoms with Crippen LogP contribution in [0.5, 0.6) is 0 Å². The first-order chi connectivity index (χ1) is 8.15. The molecule has 1 aromatic carbocycles. The monoisotopic (exact) mass is 231 g/mol. The smallest absolute Gasteiger partial charge is 0.335 e. The van der Waals surface area contributed by atoms with Gasteiger partial charge < -0.3 is 5.11 Å². The number of carbonyl (C=O) groups is 1. The van der Waals surface area contributed by atoms with E-state index >= 15 is 0 Å². The Morgan fingerprint density at radius 2 is 2.35 bits per heavy atom. The van der Waals surface area contributed by atoms with E-state index in [0.717, 1.165) is 11.1 Å². The SMILES string of the molecule is Cc1cc(C(=O)O)ccc1C=CCCN=[N+]=[N-]. The number of carboxylic acid groups (broad SMARTS) is 1. The van der Waals surface area contributed by atoms with Gasteiger partial charge in [-0.05, 0) is 42.1 Å². The van der Waals surface area contributed by atoms with Gasteiger partial charge in [-0.2, -0.15) is 0 Å². The van der Waals surface area contributed by atoms with Gasteiger partial charge in [0.1, 0.15) is 0 Å². The summed E-state index contributed by atoms with van der Waals surface area (Å²) in [6, 6.07) is 4.97. The molecule has 0 spiro atoms. The van der Waals surface area contributed by atoms with Crippen LogP contribution >= 0.6 is 0 Å². The molecule has 0 amide bonds. The molecule has 88 valence electrons. The number of carboxylic acids is 1. The molecule has 0 aromatic heterocycles. The molecule has 0 fully saturated rings. The number of benzene rings is 1. The van der Waals surface area contributed by atoms with Crippen LogP contribution in [0.25, 0.3) is 16.5 Å². The summed E-state index contributed by atoms with van der Waals surface area (Å²) in [5.41, 5.74) is 10.2. The number of rotatable bonds is 5. The molecule has 17 heavy (non-hydrogen) atoms. The molecule has 5 heteroatoms. The highest BCUT2D eigenvalue weighted by molar-refractivity contribution is 5.88. The number of aryl methyl sites for hydroxylation is 1. The van der Waals surface area contributed by atoms with E-state index < -0.39 is 5.97 Å². The Kier molecular flexibility index (Phi) is 4.78. The molecule has 0 bridgehead atoms. The Morgan fingerprint density at radius 3 is 2.94 bits per heavy atom. The first-order valence-corrected chi connectivity index (χ1v) is 5.16. The van der Waals surface area contributed by atoms with Gasteiger partial charge in [-0.3, -0.25) is 0 Å². The summed E-state index contributed by atoms with van der Waals surface area (Å²) in [6.07, 6.45) is 4.47. The molecule has 0 atom stereocenters. The van der Waals surface area contributed by atoms with Crippen LogP contribution in [0.15, 0.2) is 29.4 Å². The van der Waals surface area contributed by atoms with Crippen molar-refractivity contribution >= 4 is 12.0 Å². The van der Waals surface area contributed by atoms with E-state index in [2.05, 4.69) is 10.0 Å². The lowest BCUT2D eigenvalue weighted by Crippen LogP contribution is -1.96. The van der Waals surface area contributed by atoms with Gasteiger partial charge in [0.25, 0.3) is 0 Å². The van der Waals surface area contributed by atoms with Gasteiger partial charge >= 0.3 is 5.97 Å². The van der Waals surface area contributed by atoms with Crippen molar-refractivity contribution in [3.05, 3.63) is 51.4 Å². The van der Waals surface area contributed by atoms with Gasteiger partial charge in [-0.25, -0.2) is 4.79 Å². The Hall–Kier alpha value is -2.26. The molecule has 5 nitrogen and oxygen atoms in total. The maximum Gasteiger partial charge on any atom is 0.335 e. The summed E-state index contributed by atoms with van der Waals surface area (Å²) in [4.78, 5) is 13.4. The van der Waals surface area contributed by atoms with Crippen LogP contribution in [-0.4, -0.2) is 17.6 Å². The van der Waals surface area contributed by atoms with Crippen molar-refractivity contribution in [1.29, 1.82) is 0 Å². The van der Waals surface area contributed by atoms with Crippen molar-refractivity contribution in [2.24, 2.45) is 5.11 Å². The zero-order chi connectivity index (χ0) is 12.7. The summed E-state index contributed by atoms with van der Waals surface area (Å²) in [5, 5.41) is 12.2. The lowest BCUT2D eigenvalue weighted by molar-refractivity contribution is 0.0697. The van der Waals surface area contributed by atoms with E-state index in [4.69, 9.17) is 10.6 Å². The average molecular weight is 231 g/mol.